The molecule has 0 radical (unpaired) electrons. The van der Waals surface area contributed by atoms with Crippen LogP contribution in [0.15, 0.2) is 0 Å². The first-order chi connectivity index (χ1) is 7.99. The maximum absolute atomic E-state index is 12.3. The summed E-state index contributed by atoms with van der Waals surface area (Å²) in [7, 11) is 0. The summed E-state index contributed by atoms with van der Waals surface area (Å²) in [6.07, 6.45) is 3.77. The Morgan fingerprint density at radius 3 is 2.29 bits per heavy atom. The average Bonchev–Trinajstić information content (AvgIpc) is 2.73. The van der Waals surface area contributed by atoms with Gasteiger partial charge in [-0.05, 0) is 44.9 Å². The van der Waals surface area contributed by atoms with E-state index in [0.29, 0.717) is 12.0 Å². The quantitative estimate of drug-likeness (QED) is 0.803. The van der Waals surface area contributed by atoms with Crippen LogP contribution in [0.2, 0.25) is 0 Å². The van der Waals surface area contributed by atoms with Gasteiger partial charge >= 0.3 is 0 Å². The van der Waals surface area contributed by atoms with Gasteiger partial charge in [-0.25, -0.2) is 0 Å². The third kappa shape index (κ3) is 2.65. The van der Waals surface area contributed by atoms with Gasteiger partial charge in [-0.15, -0.1) is 0 Å². The Kier molecular flexibility index (Phi) is 3.76. The van der Waals surface area contributed by atoms with E-state index in [0.717, 1.165) is 18.8 Å². The zero-order valence-electron chi connectivity index (χ0n) is 11.4. The van der Waals surface area contributed by atoms with Gasteiger partial charge in [0.1, 0.15) is 0 Å². The number of ether oxygens (including phenoxy) is 1. The molecule has 17 heavy (non-hydrogen) atoms. The number of carbonyl (C=O) groups excluding carboxylic acids is 1. The van der Waals surface area contributed by atoms with Crippen LogP contribution in [0.5, 0.6) is 0 Å². The topological polar surface area (TPSA) is 38.3 Å². The molecule has 0 bridgehead atoms. The largest absolute Gasteiger partial charge is 0.374 e. The minimum atomic E-state index is 0.0286. The Morgan fingerprint density at radius 2 is 1.82 bits per heavy atom. The van der Waals surface area contributed by atoms with Gasteiger partial charge in [0.05, 0.1) is 18.1 Å². The molecule has 2 fully saturated rings. The van der Waals surface area contributed by atoms with Crippen molar-refractivity contribution in [1.29, 1.82) is 0 Å². The Morgan fingerprint density at radius 1 is 1.12 bits per heavy atom. The second-order valence-electron chi connectivity index (χ2n) is 6.05. The molecular weight excluding hydrogens is 214 g/mol. The fourth-order valence-electron chi connectivity index (χ4n) is 3.35. The maximum atomic E-state index is 12.3. The molecule has 6 atom stereocenters. The van der Waals surface area contributed by atoms with E-state index < -0.39 is 0 Å². The monoisotopic (exact) mass is 239 g/mol. The molecule has 1 aliphatic carbocycles. The number of hydrogen-bond donors (Lipinski definition) is 1. The second kappa shape index (κ2) is 4.97. The van der Waals surface area contributed by atoms with Crippen LogP contribution in [0.1, 0.15) is 47.0 Å². The van der Waals surface area contributed by atoms with Crippen LogP contribution in [0, 0.1) is 17.8 Å². The van der Waals surface area contributed by atoms with Crippen LogP contribution in [0.3, 0.4) is 0 Å². The molecule has 98 valence electrons. The van der Waals surface area contributed by atoms with E-state index in [1.807, 2.05) is 6.92 Å². The number of carbonyl (C=O) groups is 1. The van der Waals surface area contributed by atoms with E-state index in [4.69, 9.17) is 4.74 Å². The van der Waals surface area contributed by atoms with E-state index in [1.54, 1.807) is 0 Å². The van der Waals surface area contributed by atoms with Crippen LogP contribution in [-0.2, 0) is 9.53 Å². The highest BCUT2D eigenvalue weighted by Crippen LogP contribution is 2.33. The SMILES string of the molecule is CC1CCC(NC(=O)C2C(C)OC(C)C2C)C1. The zero-order chi connectivity index (χ0) is 12.6. The molecule has 3 heteroatoms. The molecular formula is C14H25NO2. The number of amides is 1. The lowest BCUT2D eigenvalue weighted by Gasteiger charge is -2.21. The van der Waals surface area contributed by atoms with Gasteiger partial charge in [0.25, 0.3) is 0 Å². The van der Waals surface area contributed by atoms with E-state index in [1.165, 1.54) is 6.42 Å². The summed E-state index contributed by atoms with van der Waals surface area (Å²) in [5.41, 5.74) is 0. The molecule has 0 aromatic carbocycles. The Labute approximate surface area is 104 Å². The predicted octanol–water partition coefficient (Wildman–Crippen LogP) is 2.35. The molecule has 1 saturated heterocycles. The second-order valence-corrected chi connectivity index (χ2v) is 6.05. The molecule has 1 aliphatic heterocycles. The Bertz CT molecular complexity index is 292. The van der Waals surface area contributed by atoms with E-state index in [-0.39, 0.29) is 24.0 Å². The van der Waals surface area contributed by atoms with Crippen molar-refractivity contribution in [2.75, 3.05) is 0 Å². The van der Waals surface area contributed by atoms with E-state index in [9.17, 15) is 4.79 Å². The lowest BCUT2D eigenvalue weighted by atomic mass is 9.88. The smallest absolute Gasteiger partial charge is 0.226 e. The van der Waals surface area contributed by atoms with Crippen LogP contribution in [0.25, 0.3) is 0 Å². The summed E-state index contributed by atoms with van der Waals surface area (Å²) in [6.45, 7) is 8.46. The number of nitrogens with one attached hydrogen (secondary N) is 1. The van der Waals surface area contributed by atoms with Gasteiger partial charge in [0.15, 0.2) is 0 Å². The van der Waals surface area contributed by atoms with Crippen LogP contribution in [-0.4, -0.2) is 24.2 Å². The third-order valence-electron chi connectivity index (χ3n) is 4.59. The molecule has 2 aliphatic rings. The highest BCUT2D eigenvalue weighted by atomic mass is 16.5. The Hall–Kier alpha value is -0.570. The van der Waals surface area contributed by atoms with Gasteiger partial charge in [-0.3, -0.25) is 4.79 Å². The highest BCUT2D eigenvalue weighted by molar-refractivity contribution is 5.80. The third-order valence-corrected chi connectivity index (χ3v) is 4.59. The molecule has 0 spiro atoms. The van der Waals surface area contributed by atoms with E-state index >= 15 is 0 Å². The first kappa shape index (κ1) is 12.9. The molecule has 3 nitrogen and oxygen atoms in total. The fraction of sp³-hybridized carbons (Fsp3) is 0.929. The molecule has 1 saturated carbocycles. The van der Waals surface area contributed by atoms with Gasteiger partial charge in [-0.1, -0.05) is 13.8 Å². The van der Waals surface area contributed by atoms with Gasteiger partial charge in [0, 0.05) is 6.04 Å². The molecule has 2 rings (SSSR count). The molecule has 0 aromatic heterocycles. The summed E-state index contributed by atoms with van der Waals surface area (Å²) in [5.74, 6) is 1.31. The van der Waals surface area contributed by atoms with Crippen LogP contribution in [0.4, 0.5) is 0 Å². The molecule has 0 aromatic rings. The van der Waals surface area contributed by atoms with Crippen molar-refractivity contribution in [3.63, 3.8) is 0 Å². The van der Waals surface area contributed by atoms with Crippen molar-refractivity contribution in [3.05, 3.63) is 0 Å². The van der Waals surface area contributed by atoms with Gasteiger partial charge in [0.2, 0.25) is 5.91 Å². The van der Waals surface area contributed by atoms with Crippen molar-refractivity contribution in [3.8, 4) is 0 Å². The van der Waals surface area contributed by atoms with Crippen molar-refractivity contribution in [1.82, 2.24) is 5.32 Å². The first-order valence-electron chi connectivity index (χ1n) is 6.95. The molecule has 1 heterocycles. The van der Waals surface area contributed by atoms with Gasteiger partial charge in [-0.2, -0.15) is 0 Å². The fourth-order valence-corrected chi connectivity index (χ4v) is 3.35. The zero-order valence-corrected chi connectivity index (χ0v) is 11.4. The van der Waals surface area contributed by atoms with Crippen molar-refractivity contribution in [2.24, 2.45) is 17.8 Å². The summed E-state index contributed by atoms with van der Waals surface area (Å²) in [4.78, 5) is 12.3. The molecule has 6 unspecified atom stereocenters. The molecule has 1 N–H and O–H groups in total. The normalized spacial score (nSPS) is 46.1. The van der Waals surface area contributed by atoms with E-state index in [2.05, 4.69) is 26.1 Å². The Balaban J connectivity index is 1.91. The lowest BCUT2D eigenvalue weighted by molar-refractivity contribution is -0.127. The van der Waals surface area contributed by atoms with Crippen molar-refractivity contribution >= 4 is 5.91 Å². The standard InChI is InChI=1S/C14H25NO2/c1-8-5-6-12(7-8)15-14(16)13-9(2)10(3)17-11(13)4/h8-13H,5-7H2,1-4H3,(H,15,16). The van der Waals surface area contributed by atoms with Crippen molar-refractivity contribution in [2.45, 2.75) is 65.2 Å². The van der Waals surface area contributed by atoms with Crippen LogP contribution < -0.4 is 5.32 Å². The minimum absolute atomic E-state index is 0.0286. The summed E-state index contributed by atoms with van der Waals surface area (Å²) < 4.78 is 5.73. The number of hydrogen-bond acceptors (Lipinski definition) is 2. The maximum Gasteiger partial charge on any atom is 0.226 e. The first-order valence-corrected chi connectivity index (χ1v) is 6.95. The minimum Gasteiger partial charge on any atom is -0.374 e. The summed E-state index contributed by atoms with van der Waals surface area (Å²) >= 11 is 0. The summed E-state index contributed by atoms with van der Waals surface area (Å²) in [5, 5.41) is 3.21. The number of rotatable bonds is 2. The lowest BCUT2D eigenvalue weighted by Crippen LogP contribution is -2.41. The average molecular weight is 239 g/mol. The van der Waals surface area contributed by atoms with Gasteiger partial charge < -0.3 is 10.1 Å². The van der Waals surface area contributed by atoms with Crippen LogP contribution >= 0.6 is 0 Å². The predicted molar refractivity (Wildman–Crippen MR) is 67.6 cm³/mol. The summed E-state index contributed by atoms with van der Waals surface area (Å²) in [6, 6.07) is 0.396. The molecule has 1 amide bonds. The van der Waals surface area contributed by atoms with Crippen molar-refractivity contribution < 1.29 is 9.53 Å². The highest BCUT2D eigenvalue weighted by Gasteiger charge is 2.42.